The Bertz CT molecular complexity index is 200. The topological polar surface area (TPSA) is 6.48 Å². The maximum absolute atomic E-state index is 2.25. The minimum Gasteiger partial charge on any atom is -0.381 e. The molecule has 0 atom stereocenters. The Kier molecular flexibility index (Phi) is 2.22. The van der Waals surface area contributed by atoms with Crippen LogP contribution in [0.1, 0.15) is 6.42 Å². The van der Waals surface area contributed by atoms with Gasteiger partial charge in [-0.15, -0.1) is 0 Å². The minimum absolute atomic E-state index is 1.07. The molecule has 62 valence electrons. The average molecular weight is 152 g/mol. The van der Waals surface area contributed by atoms with Crippen LogP contribution in [0.2, 0.25) is 0 Å². The highest BCUT2D eigenvalue weighted by molar-refractivity contribution is 5.30. The van der Waals surface area contributed by atoms with Gasteiger partial charge in [0.2, 0.25) is 0 Å². The van der Waals surface area contributed by atoms with E-state index in [1.54, 1.807) is 0 Å². The molecule has 11 heavy (non-hydrogen) atoms. The fourth-order valence-electron chi connectivity index (χ4n) is 1.12. The molecule has 0 aromatic rings. The van der Waals surface area contributed by atoms with Crippen LogP contribution < -0.4 is 0 Å². The molecule has 0 aromatic carbocycles. The van der Waals surface area contributed by atoms with Crippen molar-refractivity contribution in [2.45, 2.75) is 6.42 Å². The highest BCUT2D eigenvalue weighted by atomic mass is 15.1. The Morgan fingerprint density at radius 2 is 1.73 bits per heavy atom. The Morgan fingerprint density at radius 3 is 2.00 bits per heavy atom. The molecular weight excluding hydrogens is 136 g/mol. The molecule has 0 unspecified atom stereocenters. The molecule has 0 bridgehead atoms. The highest BCUT2D eigenvalue weighted by Gasteiger charge is 2.08. The fourth-order valence-corrected chi connectivity index (χ4v) is 1.12. The largest absolute Gasteiger partial charge is 0.381 e. The molecule has 0 saturated heterocycles. The lowest BCUT2D eigenvalue weighted by atomic mass is 10.4. The zero-order chi connectivity index (χ0) is 8.43. The molecule has 0 saturated carbocycles. The second-order valence-corrected chi connectivity index (χ2v) is 3.26. The van der Waals surface area contributed by atoms with E-state index in [0.29, 0.717) is 0 Å². The van der Waals surface area contributed by atoms with Crippen LogP contribution in [0.4, 0.5) is 0 Å². The summed E-state index contributed by atoms with van der Waals surface area (Å²) in [6, 6.07) is 0. The summed E-state index contributed by atoms with van der Waals surface area (Å²) >= 11 is 0. The lowest BCUT2D eigenvalue weighted by Gasteiger charge is -2.13. The van der Waals surface area contributed by atoms with Gasteiger partial charge in [-0.25, -0.2) is 0 Å². The maximum Gasteiger partial charge on any atom is 0.0341 e. The van der Waals surface area contributed by atoms with E-state index in [4.69, 9.17) is 0 Å². The summed E-state index contributed by atoms with van der Waals surface area (Å²) in [5.41, 5.74) is 2.70. The van der Waals surface area contributed by atoms with Crippen molar-refractivity contribution >= 4 is 0 Å². The zero-order valence-corrected chi connectivity index (χ0v) is 7.76. The maximum atomic E-state index is 2.25. The minimum atomic E-state index is 1.07. The summed E-state index contributed by atoms with van der Waals surface area (Å²) in [5.74, 6) is 0. The predicted molar refractivity (Wildman–Crippen MR) is 48.2 cm³/mol. The van der Waals surface area contributed by atoms with E-state index >= 15 is 0 Å². The molecule has 0 N–H and O–H groups in total. The second-order valence-electron chi connectivity index (χ2n) is 3.26. The van der Waals surface area contributed by atoms with E-state index in [1.807, 2.05) is 0 Å². The molecule has 1 rings (SSSR count). The van der Waals surface area contributed by atoms with Crippen molar-refractivity contribution in [3.8, 4) is 0 Å². The Balaban J connectivity index is 2.63. The number of rotatable bonds is 2. The molecule has 0 radical (unpaired) electrons. The van der Waals surface area contributed by atoms with Crippen molar-refractivity contribution in [1.82, 2.24) is 9.80 Å². The summed E-state index contributed by atoms with van der Waals surface area (Å²) < 4.78 is 0. The van der Waals surface area contributed by atoms with Gasteiger partial charge >= 0.3 is 0 Å². The quantitative estimate of drug-likeness (QED) is 0.588. The van der Waals surface area contributed by atoms with Gasteiger partial charge in [-0.3, -0.25) is 0 Å². The molecule has 0 heterocycles. The van der Waals surface area contributed by atoms with E-state index in [2.05, 4.69) is 50.1 Å². The van der Waals surface area contributed by atoms with Crippen molar-refractivity contribution in [1.29, 1.82) is 0 Å². The Morgan fingerprint density at radius 1 is 1.09 bits per heavy atom. The van der Waals surface area contributed by atoms with Crippen LogP contribution in [-0.2, 0) is 0 Å². The van der Waals surface area contributed by atoms with Gasteiger partial charge in [0.15, 0.2) is 0 Å². The normalized spacial score (nSPS) is 16.0. The summed E-state index contributed by atoms with van der Waals surface area (Å²) in [7, 11) is 8.30. The molecule has 0 spiro atoms. The number of hydrogen-bond donors (Lipinski definition) is 0. The van der Waals surface area contributed by atoms with Crippen LogP contribution in [0.5, 0.6) is 0 Å². The van der Waals surface area contributed by atoms with Gasteiger partial charge in [-0.05, 0) is 6.08 Å². The van der Waals surface area contributed by atoms with E-state index in [1.165, 1.54) is 11.4 Å². The standard InChI is InChI=1S/C9H16N2/c1-10(2)8-5-6-9(7-8)11(3)4/h5,7H,6H2,1-4H3. The molecular formula is C9H16N2. The van der Waals surface area contributed by atoms with Crippen molar-refractivity contribution < 1.29 is 0 Å². The number of nitrogens with zero attached hydrogens (tertiary/aromatic N) is 2. The first-order chi connectivity index (χ1) is 5.11. The van der Waals surface area contributed by atoms with Gasteiger partial charge in [-0.1, -0.05) is 6.08 Å². The molecule has 2 nitrogen and oxygen atoms in total. The molecule has 0 fully saturated rings. The van der Waals surface area contributed by atoms with Gasteiger partial charge in [0.1, 0.15) is 0 Å². The van der Waals surface area contributed by atoms with Crippen LogP contribution in [0.3, 0.4) is 0 Å². The molecule has 0 aromatic heterocycles. The third-order valence-corrected chi connectivity index (χ3v) is 1.93. The Hall–Kier alpha value is -0.920. The summed E-state index contributed by atoms with van der Waals surface area (Å²) in [4.78, 5) is 4.30. The fraction of sp³-hybridized carbons (Fsp3) is 0.556. The van der Waals surface area contributed by atoms with Gasteiger partial charge in [-0.2, -0.15) is 0 Å². The lowest BCUT2D eigenvalue weighted by molar-refractivity contribution is 0.501. The van der Waals surface area contributed by atoms with Gasteiger partial charge < -0.3 is 9.80 Å². The van der Waals surface area contributed by atoms with Crippen molar-refractivity contribution in [3.05, 3.63) is 23.5 Å². The molecule has 0 aliphatic heterocycles. The average Bonchev–Trinajstić information content (AvgIpc) is 2.33. The Labute approximate surface area is 68.8 Å². The van der Waals surface area contributed by atoms with Crippen LogP contribution in [0.15, 0.2) is 23.5 Å². The first-order valence-electron chi connectivity index (χ1n) is 3.86. The van der Waals surface area contributed by atoms with Gasteiger partial charge in [0, 0.05) is 46.0 Å². The third-order valence-electron chi connectivity index (χ3n) is 1.93. The number of allylic oxidation sites excluding steroid dienone is 2. The zero-order valence-electron chi connectivity index (χ0n) is 7.76. The molecule has 0 amide bonds. The SMILES string of the molecule is CN(C)C1=CCC(N(C)C)=C1. The predicted octanol–water partition coefficient (Wildman–Crippen LogP) is 1.28. The first kappa shape index (κ1) is 8.18. The first-order valence-corrected chi connectivity index (χ1v) is 3.86. The van der Waals surface area contributed by atoms with Crippen molar-refractivity contribution in [2.75, 3.05) is 28.2 Å². The number of likely N-dealkylation sites (N-methyl/N-ethyl adjacent to an activating group) is 1. The van der Waals surface area contributed by atoms with Crippen LogP contribution in [0, 0.1) is 0 Å². The van der Waals surface area contributed by atoms with Crippen molar-refractivity contribution in [2.24, 2.45) is 0 Å². The number of hydrogen-bond acceptors (Lipinski definition) is 2. The van der Waals surface area contributed by atoms with E-state index < -0.39 is 0 Å². The van der Waals surface area contributed by atoms with E-state index in [-0.39, 0.29) is 0 Å². The van der Waals surface area contributed by atoms with E-state index in [0.717, 1.165) is 6.42 Å². The van der Waals surface area contributed by atoms with E-state index in [9.17, 15) is 0 Å². The van der Waals surface area contributed by atoms with Gasteiger partial charge in [0.25, 0.3) is 0 Å². The molecule has 1 aliphatic rings. The van der Waals surface area contributed by atoms with Crippen LogP contribution in [0.25, 0.3) is 0 Å². The van der Waals surface area contributed by atoms with Crippen molar-refractivity contribution in [3.63, 3.8) is 0 Å². The molecule has 2 heteroatoms. The van der Waals surface area contributed by atoms with Crippen LogP contribution >= 0.6 is 0 Å². The monoisotopic (exact) mass is 152 g/mol. The second kappa shape index (κ2) is 2.99. The molecule has 1 aliphatic carbocycles. The third kappa shape index (κ3) is 1.76. The van der Waals surface area contributed by atoms with Gasteiger partial charge in [0.05, 0.1) is 0 Å². The van der Waals surface area contributed by atoms with Crippen LogP contribution in [-0.4, -0.2) is 38.0 Å². The summed E-state index contributed by atoms with van der Waals surface area (Å²) in [5, 5.41) is 0. The summed E-state index contributed by atoms with van der Waals surface area (Å²) in [6.07, 6.45) is 5.54. The highest BCUT2D eigenvalue weighted by Crippen LogP contribution is 2.19. The summed E-state index contributed by atoms with van der Waals surface area (Å²) in [6.45, 7) is 0. The smallest absolute Gasteiger partial charge is 0.0341 e. The lowest BCUT2D eigenvalue weighted by Crippen LogP contribution is -2.10.